The van der Waals surface area contributed by atoms with Crippen LogP contribution in [0.25, 0.3) is 10.1 Å². The third-order valence-electron chi connectivity index (χ3n) is 1.98. The number of hydrogen-bond donors (Lipinski definition) is 1. The molecule has 0 radical (unpaired) electrons. The zero-order valence-corrected chi connectivity index (χ0v) is 8.19. The third-order valence-corrected chi connectivity index (χ3v) is 3.09. The summed E-state index contributed by atoms with van der Waals surface area (Å²) in [6.07, 6.45) is 0. The highest BCUT2D eigenvalue weighted by Gasteiger charge is 2.17. The van der Waals surface area contributed by atoms with Crippen LogP contribution in [0.5, 0.6) is 0 Å². The molecule has 1 aromatic carbocycles. The average molecular weight is 210 g/mol. The first-order valence-electron chi connectivity index (χ1n) is 4.01. The van der Waals surface area contributed by atoms with E-state index < -0.39 is 11.8 Å². The normalized spacial score (nSPS) is 10.7. The maximum absolute atomic E-state index is 13.4. The van der Waals surface area contributed by atoms with E-state index in [1.807, 2.05) is 6.92 Å². The van der Waals surface area contributed by atoms with Crippen molar-refractivity contribution in [2.24, 2.45) is 0 Å². The SMILES string of the molecule is Cc1ccc2c(F)c(C(=O)O)sc2c1. The molecule has 0 aliphatic rings. The first-order chi connectivity index (χ1) is 6.59. The fourth-order valence-electron chi connectivity index (χ4n) is 1.31. The van der Waals surface area contributed by atoms with Gasteiger partial charge in [0.2, 0.25) is 0 Å². The fraction of sp³-hybridized carbons (Fsp3) is 0.100. The second-order valence-corrected chi connectivity index (χ2v) is 4.10. The van der Waals surface area contributed by atoms with E-state index in [1.54, 1.807) is 18.2 Å². The van der Waals surface area contributed by atoms with E-state index >= 15 is 0 Å². The number of thiophene rings is 1. The molecule has 1 aromatic heterocycles. The van der Waals surface area contributed by atoms with Gasteiger partial charge in [-0.3, -0.25) is 0 Å². The molecule has 2 nitrogen and oxygen atoms in total. The van der Waals surface area contributed by atoms with Gasteiger partial charge in [-0.1, -0.05) is 12.1 Å². The summed E-state index contributed by atoms with van der Waals surface area (Å²) >= 11 is 0.972. The number of carbonyl (C=O) groups is 1. The maximum atomic E-state index is 13.4. The summed E-state index contributed by atoms with van der Waals surface area (Å²) in [5.74, 6) is -1.83. The largest absolute Gasteiger partial charge is 0.477 e. The van der Waals surface area contributed by atoms with E-state index in [2.05, 4.69) is 0 Å². The number of fused-ring (bicyclic) bond motifs is 1. The van der Waals surface area contributed by atoms with Gasteiger partial charge in [-0.2, -0.15) is 0 Å². The lowest BCUT2D eigenvalue weighted by Gasteiger charge is -1.91. The number of hydrogen-bond acceptors (Lipinski definition) is 2. The van der Waals surface area contributed by atoms with Gasteiger partial charge < -0.3 is 5.11 Å². The molecule has 1 heterocycles. The molecule has 2 aromatic rings. The minimum Gasteiger partial charge on any atom is -0.477 e. The third kappa shape index (κ3) is 1.28. The van der Waals surface area contributed by atoms with Crippen LogP contribution >= 0.6 is 11.3 Å². The van der Waals surface area contributed by atoms with E-state index in [4.69, 9.17) is 5.11 Å². The number of carboxylic acid groups (broad SMARTS) is 1. The molecule has 0 fully saturated rings. The molecular weight excluding hydrogens is 203 g/mol. The molecule has 4 heteroatoms. The Labute approximate surface area is 83.6 Å². The minimum atomic E-state index is -1.21. The van der Waals surface area contributed by atoms with Gasteiger partial charge in [0.05, 0.1) is 0 Å². The van der Waals surface area contributed by atoms with Gasteiger partial charge in [-0.05, 0) is 18.6 Å². The molecule has 0 aliphatic carbocycles. The zero-order valence-electron chi connectivity index (χ0n) is 7.37. The molecule has 14 heavy (non-hydrogen) atoms. The Hall–Kier alpha value is -1.42. The smallest absolute Gasteiger partial charge is 0.348 e. The highest BCUT2D eigenvalue weighted by molar-refractivity contribution is 7.20. The summed E-state index contributed by atoms with van der Waals surface area (Å²) < 4.78 is 14.1. The Morgan fingerprint density at radius 1 is 1.50 bits per heavy atom. The molecule has 0 saturated carbocycles. The summed E-state index contributed by atoms with van der Waals surface area (Å²) in [7, 11) is 0. The van der Waals surface area contributed by atoms with Gasteiger partial charge in [0.1, 0.15) is 4.88 Å². The van der Waals surface area contributed by atoms with E-state index in [0.717, 1.165) is 16.9 Å². The number of aromatic carboxylic acids is 1. The number of carboxylic acids is 1. The lowest BCUT2D eigenvalue weighted by molar-refractivity contribution is 0.0698. The Morgan fingerprint density at radius 3 is 2.86 bits per heavy atom. The highest BCUT2D eigenvalue weighted by Crippen LogP contribution is 2.30. The molecule has 0 bridgehead atoms. The van der Waals surface area contributed by atoms with Gasteiger partial charge in [-0.25, -0.2) is 9.18 Å². The van der Waals surface area contributed by atoms with Crippen molar-refractivity contribution in [1.82, 2.24) is 0 Å². The van der Waals surface area contributed by atoms with Crippen molar-refractivity contribution in [1.29, 1.82) is 0 Å². The summed E-state index contributed by atoms with van der Waals surface area (Å²) in [5, 5.41) is 9.09. The first kappa shape index (κ1) is 9.15. The Balaban J connectivity index is 2.79. The highest BCUT2D eigenvalue weighted by atomic mass is 32.1. The zero-order chi connectivity index (χ0) is 10.3. The Morgan fingerprint density at radius 2 is 2.21 bits per heavy atom. The summed E-state index contributed by atoms with van der Waals surface area (Å²) in [5.41, 5.74) is 0.996. The van der Waals surface area contributed by atoms with Gasteiger partial charge in [0.25, 0.3) is 0 Å². The molecular formula is C10H7FO2S. The first-order valence-corrected chi connectivity index (χ1v) is 4.83. The quantitative estimate of drug-likeness (QED) is 0.785. The Kier molecular flexibility index (Phi) is 2.00. The standard InChI is InChI=1S/C10H7FO2S/c1-5-2-3-6-7(4-5)14-9(8(6)11)10(12)13/h2-4H,1H3,(H,12,13). The molecule has 2 rings (SSSR count). The van der Waals surface area contributed by atoms with Crippen molar-refractivity contribution in [2.75, 3.05) is 0 Å². The number of halogens is 1. The molecule has 1 N–H and O–H groups in total. The van der Waals surface area contributed by atoms with Gasteiger partial charge in [-0.15, -0.1) is 11.3 Å². The van der Waals surface area contributed by atoms with Gasteiger partial charge in [0.15, 0.2) is 5.82 Å². The average Bonchev–Trinajstić information content (AvgIpc) is 2.43. The number of benzene rings is 1. The lowest BCUT2D eigenvalue weighted by Crippen LogP contribution is -1.94. The van der Waals surface area contributed by atoms with E-state index in [0.29, 0.717) is 10.1 Å². The van der Waals surface area contributed by atoms with Crippen LogP contribution in [0.15, 0.2) is 18.2 Å². The van der Waals surface area contributed by atoms with Crippen molar-refractivity contribution < 1.29 is 14.3 Å². The van der Waals surface area contributed by atoms with Crippen LogP contribution in [0.3, 0.4) is 0 Å². The van der Waals surface area contributed by atoms with E-state index in [9.17, 15) is 9.18 Å². The molecule has 0 spiro atoms. The molecule has 0 atom stereocenters. The second-order valence-electron chi connectivity index (χ2n) is 3.05. The Bertz CT molecular complexity index is 516. The van der Waals surface area contributed by atoms with Crippen molar-refractivity contribution in [3.63, 3.8) is 0 Å². The molecule has 0 aliphatic heterocycles. The van der Waals surface area contributed by atoms with Crippen molar-refractivity contribution in [2.45, 2.75) is 6.92 Å². The second kappa shape index (κ2) is 3.06. The van der Waals surface area contributed by atoms with Gasteiger partial charge in [0, 0.05) is 10.1 Å². The minimum absolute atomic E-state index is 0.217. The van der Waals surface area contributed by atoms with Crippen LogP contribution in [0.2, 0.25) is 0 Å². The van der Waals surface area contributed by atoms with E-state index in [-0.39, 0.29) is 4.88 Å². The number of aryl methyl sites for hydroxylation is 1. The molecule has 0 amide bonds. The monoisotopic (exact) mass is 210 g/mol. The molecule has 72 valence electrons. The summed E-state index contributed by atoms with van der Waals surface area (Å²) in [4.78, 5) is 10.4. The van der Waals surface area contributed by atoms with Crippen molar-refractivity contribution in [3.8, 4) is 0 Å². The van der Waals surface area contributed by atoms with Crippen LogP contribution in [0, 0.1) is 12.7 Å². The van der Waals surface area contributed by atoms with Crippen LogP contribution in [-0.4, -0.2) is 11.1 Å². The molecule has 0 unspecified atom stereocenters. The van der Waals surface area contributed by atoms with Crippen LogP contribution < -0.4 is 0 Å². The fourth-order valence-corrected chi connectivity index (χ4v) is 2.33. The predicted molar refractivity (Wildman–Crippen MR) is 53.5 cm³/mol. The van der Waals surface area contributed by atoms with E-state index in [1.165, 1.54) is 0 Å². The maximum Gasteiger partial charge on any atom is 0.348 e. The summed E-state index contributed by atoms with van der Waals surface area (Å²) in [6, 6.07) is 5.17. The van der Waals surface area contributed by atoms with Crippen molar-refractivity contribution in [3.05, 3.63) is 34.5 Å². The van der Waals surface area contributed by atoms with Crippen LogP contribution in [0.4, 0.5) is 4.39 Å². The van der Waals surface area contributed by atoms with Crippen LogP contribution in [0.1, 0.15) is 15.2 Å². The van der Waals surface area contributed by atoms with Gasteiger partial charge >= 0.3 is 5.97 Å². The predicted octanol–water partition coefficient (Wildman–Crippen LogP) is 3.05. The van der Waals surface area contributed by atoms with Crippen molar-refractivity contribution >= 4 is 27.4 Å². The van der Waals surface area contributed by atoms with Crippen LogP contribution in [-0.2, 0) is 0 Å². The molecule has 0 saturated heterocycles. The number of rotatable bonds is 1. The lowest BCUT2D eigenvalue weighted by atomic mass is 10.2. The summed E-state index contributed by atoms with van der Waals surface area (Å²) in [6.45, 7) is 1.89. The topological polar surface area (TPSA) is 37.3 Å².